The minimum atomic E-state index is 0. The van der Waals surface area contributed by atoms with Crippen LogP contribution in [0.1, 0.15) is 37.1 Å². The normalized spacial score (nSPS) is 22.2. The van der Waals surface area contributed by atoms with Gasteiger partial charge in [0, 0.05) is 37.5 Å². The molecule has 2 aliphatic rings. The minimum Gasteiger partial charge on any atom is -0.381 e. The van der Waals surface area contributed by atoms with Crippen molar-refractivity contribution in [1.29, 1.82) is 0 Å². The van der Waals surface area contributed by atoms with Crippen molar-refractivity contribution >= 4 is 41.3 Å². The van der Waals surface area contributed by atoms with E-state index in [0.29, 0.717) is 12.0 Å². The molecule has 0 aliphatic carbocycles. The van der Waals surface area contributed by atoms with E-state index in [0.717, 1.165) is 45.2 Å². The van der Waals surface area contributed by atoms with Gasteiger partial charge in [0.2, 0.25) is 0 Å². The third-order valence-electron chi connectivity index (χ3n) is 5.12. The fourth-order valence-corrected chi connectivity index (χ4v) is 4.62. The van der Waals surface area contributed by atoms with Gasteiger partial charge in [0.05, 0.1) is 19.2 Å². The molecule has 1 N–H and O–H groups in total. The molecule has 0 bridgehead atoms. The summed E-state index contributed by atoms with van der Waals surface area (Å²) >= 11 is 1.86. The Bertz CT molecular complexity index is 528. The number of halogens is 1. The first-order chi connectivity index (χ1) is 12.3. The molecule has 3 heterocycles. The number of hydrogen-bond acceptors (Lipinski definition) is 4. The van der Waals surface area contributed by atoms with E-state index in [1.54, 1.807) is 0 Å². The Labute approximate surface area is 179 Å². The maximum atomic E-state index is 5.52. The van der Waals surface area contributed by atoms with E-state index in [1.807, 2.05) is 11.3 Å². The second-order valence-corrected chi connectivity index (χ2v) is 8.06. The quantitative estimate of drug-likeness (QED) is 0.360. The Morgan fingerprint density at radius 1 is 1.46 bits per heavy atom. The standard InChI is InChI=1S/C19H32N4OS.HI/c1-3-20-19(22(2)14-16-8-11-24-15-16)21-13-17(18-7-6-12-25-18)23-9-4-5-10-23;/h6-7,12,16-17H,3-5,8-11,13-15H2,1-2H3,(H,20,21);1H. The fraction of sp³-hybridized carbons (Fsp3) is 0.737. The topological polar surface area (TPSA) is 40.1 Å². The zero-order chi connectivity index (χ0) is 17.5. The molecule has 0 spiro atoms. The molecule has 5 nitrogen and oxygen atoms in total. The lowest BCUT2D eigenvalue weighted by Gasteiger charge is -2.28. The first-order valence-corrected chi connectivity index (χ1v) is 10.5. The van der Waals surface area contributed by atoms with E-state index in [-0.39, 0.29) is 24.0 Å². The van der Waals surface area contributed by atoms with Crippen molar-refractivity contribution in [3.63, 3.8) is 0 Å². The van der Waals surface area contributed by atoms with Crippen LogP contribution in [-0.2, 0) is 4.74 Å². The number of nitrogens with zero attached hydrogens (tertiary/aromatic N) is 3. The molecule has 3 rings (SSSR count). The highest BCUT2D eigenvalue weighted by atomic mass is 127. The third-order valence-corrected chi connectivity index (χ3v) is 6.09. The molecule has 2 fully saturated rings. The van der Waals surface area contributed by atoms with Crippen molar-refractivity contribution in [2.75, 3.05) is 53.0 Å². The Balaban J connectivity index is 0.00000243. The van der Waals surface area contributed by atoms with Crippen molar-refractivity contribution in [2.45, 2.75) is 32.2 Å². The van der Waals surface area contributed by atoms with Gasteiger partial charge in [-0.05, 0) is 50.7 Å². The molecular formula is C19H33IN4OS. The average molecular weight is 492 g/mol. The Morgan fingerprint density at radius 2 is 2.27 bits per heavy atom. The van der Waals surface area contributed by atoms with Crippen LogP contribution in [-0.4, -0.2) is 68.7 Å². The first kappa shape index (κ1) is 21.9. The summed E-state index contributed by atoms with van der Waals surface area (Å²) in [7, 11) is 2.15. The van der Waals surface area contributed by atoms with Crippen LogP contribution in [0.15, 0.2) is 22.5 Å². The monoisotopic (exact) mass is 492 g/mol. The van der Waals surface area contributed by atoms with Crippen LogP contribution < -0.4 is 5.32 Å². The van der Waals surface area contributed by atoms with Crippen molar-refractivity contribution in [3.05, 3.63) is 22.4 Å². The second kappa shape index (κ2) is 11.5. The molecule has 2 atom stereocenters. The predicted molar refractivity (Wildman–Crippen MR) is 121 cm³/mol. The molecule has 0 amide bonds. The summed E-state index contributed by atoms with van der Waals surface area (Å²) in [4.78, 5) is 11.3. The van der Waals surface area contributed by atoms with Crippen LogP contribution in [0.5, 0.6) is 0 Å². The fourth-order valence-electron chi connectivity index (χ4n) is 3.76. The zero-order valence-corrected chi connectivity index (χ0v) is 19.2. The molecule has 1 aromatic rings. The lowest BCUT2D eigenvalue weighted by Crippen LogP contribution is -2.42. The van der Waals surface area contributed by atoms with Gasteiger partial charge in [-0.2, -0.15) is 0 Å². The molecule has 1 aromatic heterocycles. The van der Waals surface area contributed by atoms with E-state index in [2.05, 4.69) is 46.6 Å². The number of likely N-dealkylation sites (tertiary alicyclic amines) is 1. The molecule has 2 saturated heterocycles. The second-order valence-electron chi connectivity index (χ2n) is 7.08. The third kappa shape index (κ3) is 6.07. The number of ether oxygens (including phenoxy) is 1. The van der Waals surface area contributed by atoms with E-state index in [1.165, 1.54) is 30.8 Å². The van der Waals surface area contributed by atoms with Gasteiger partial charge in [0.1, 0.15) is 0 Å². The number of hydrogen-bond donors (Lipinski definition) is 1. The first-order valence-electron chi connectivity index (χ1n) is 9.62. The van der Waals surface area contributed by atoms with Crippen LogP contribution in [0.3, 0.4) is 0 Å². The molecule has 0 radical (unpaired) electrons. The summed E-state index contributed by atoms with van der Waals surface area (Å²) in [6.07, 6.45) is 3.79. The summed E-state index contributed by atoms with van der Waals surface area (Å²) in [5.41, 5.74) is 0. The Morgan fingerprint density at radius 3 is 2.88 bits per heavy atom. The Hall–Kier alpha value is -0.380. The van der Waals surface area contributed by atoms with Gasteiger partial charge < -0.3 is 15.0 Å². The van der Waals surface area contributed by atoms with Gasteiger partial charge in [-0.25, -0.2) is 0 Å². The van der Waals surface area contributed by atoms with Crippen molar-refractivity contribution in [3.8, 4) is 0 Å². The lowest BCUT2D eigenvalue weighted by molar-refractivity contribution is 0.181. The number of aliphatic imine (C=N–C) groups is 1. The molecule has 0 aromatic carbocycles. The molecular weight excluding hydrogens is 459 g/mol. The SMILES string of the molecule is CCNC(=NCC(c1cccs1)N1CCCC1)N(C)CC1CCOC1.I. The summed E-state index contributed by atoms with van der Waals surface area (Å²) in [6.45, 7) is 9.06. The lowest BCUT2D eigenvalue weighted by atomic mass is 10.1. The Kier molecular flexibility index (Phi) is 9.66. The largest absolute Gasteiger partial charge is 0.381 e. The van der Waals surface area contributed by atoms with Gasteiger partial charge in [-0.1, -0.05) is 6.07 Å². The molecule has 2 aliphatic heterocycles. The van der Waals surface area contributed by atoms with Crippen molar-refractivity contribution < 1.29 is 4.74 Å². The van der Waals surface area contributed by atoms with E-state index in [4.69, 9.17) is 9.73 Å². The highest BCUT2D eigenvalue weighted by Crippen LogP contribution is 2.28. The van der Waals surface area contributed by atoms with Gasteiger partial charge in [0.15, 0.2) is 5.96 Å². The van der Waals surface area contributed by atoms with Gasteiger partial charge >= 0.3 is 0 Å². The molecule has 0 saturated carbocycles. The van der Waals surface area contributed by atoms with Crippen molar-refractivity contribution in [1.82, 2.24) is 15.1 Å². The predicted octanol–water partition coefficient (Wildman–Crippen LogP) is 3.44. The van der Waals surface area contributed by atoms with E-state index in [9.17, 15) is 0 Å². The number of guanidine groups is 1. The number of rotatable bonds is 7. The number of nitrogens with one attached hydrogen (secondary N) is 1. The van der Waals surface area contributed by atoms with E-state index >= 15 is 0 Å². The smallest absolute Gasteiger partial charge is 0.193 e. The summed E-state index contributed by atoms with van der Waals surface area (Å²) in [6, 6.07) is 4.83. The van der Waals surface area contributed by atoms with Crippen LogP contribution in [0.25, 0.3) is 0 Å². The van der Waals surface area contributed by atoms with Crippen LogP contribution >= 0.6 is 35.3 Å². The average Bonchev–Trinajstić information content (AvgIpc) is 3.37. The minimum absolute atomic E-state index is 0. The highest BCUT2D eigenvalue weighted by Gasteiger charge is 2.25. The van der Waals surface area contributed by atoms with Gasteiger partial charge in [-0.15, -0.1) is 35.3 Å². The highest BCUT2D eigenvalue weighted by molar-refractivity contribution is 14.0. The molecule has 7 heteroatoms. The maximum Gasteiger partial charge on any atom is 0.193 e. The van der Waals surface area contributed by atoms with Crippen molar-refractivity contribution in [2.24, 2.45) is 10.9 Å². The number of thiophene rings is 1. The molecule has 148 valence electrons. The maximum absolute atomic E-state index is 5.52. The van der Waals surface area contributed by atoms with Crippen LogP contribution in [0.4, 0.5) is 0 Å². The summed E-state index contributed by atoms with van der Waals surface area (Å²) < 4.78 is 5.52. The van der Waals surface area contributed by atoms with Crippen LogP contribution in [0, 0.1) is 5.92 Å². The van der Waals surface area contributed by atoms with Gasteiger partial charge in [-0.3, -0.25) is 9.89 Å². The van der Waals surface area contributed by atoms with Gasteiger partial charge in [0.25, 0.3) is 0 Å². The van der Waals surface area contributed by atoms with E-state index < -0.39 is 0 Å². The molecule has 26 heavy (non-hydrogen) atoms. The summed E-state index contributed by atoms with van der Waals surface area (Å²) in [5.74, 6) is 1.65. The zero-order valence-electron chi connectivity index (χ0n) is 16.0. The summed E-state index contributed by atoms with van der Waals surface area (Å²) in [5, 5.41) is 5.65. The van der Waals surface area contributed by atoms with Crippen LogP contribution in [0.2, 0.25) is 0 Å². The molecule has 2 unspecified atom stereocenters.